The number of thiophene rings is 1. The molecule has 0 fully saturated rings. The van der Waals surface area contributed by atoms with Crippen molar-refractivity contribution in [1.29, 1.82) is 5.41 Å². The fourth-order valence-corrected chi connectivity index (χ4v) is 3.82. The molecule has 1 aromatic carbocycles. The van der Waals surface area contributed by atoms with Crippen LogP contribution >= 0.6 is 11.3 Å². The average Bonchev–Trinajstić information content (AvgIpc) is 3.07. The molecule has 23 heavy (non-hydrogen) atoms. The smallest absolute Gasteiger partial charge is 0.147 e. The molecule has 0 saturated heterocycles. The van der Waals surface area contributed by atoms with Crippen LogP contribution in [0, 0.1) is 11.2 Å². The van der Waals surface area contributed by atoms with E-state index in [2.05, 4.69) is 16.3 Å². The monoisotopic (exact) mass is 331 g/mol. The Balaban J connectivity index is 1.82. The van der Waals surface area contributed by atoms with E-state index >= 15 is 0 Å². The lowest BCUT2D eigenvalue weighted by atomic mass is 9.96. The number of hydrogen-bond donors (Lipinski definition) is 2. The number of rotatable bonds is 6. The Morgan fingerprint density at radius 2 is 2.30 bits per heavy atom. The van der Waals surface area contributed by atoms with Gasteiger partial charge in [0.2, 0.25) is 0 Å². The van der Waals surface area contributed by atoms with Crippen LogP contribution < -0.4 is 10.2 Å². The van der Waals surface area contributed by atoms with Crippen LogP contribution in [0.1, 0.15) is 22.4 Å². The Morgan fingerprint density at radius 3 is 3.04 bits per heavy atom. The van der Waals surface area contributed by atoms with Crippen LogP contribution in [-0.4, -0.2) is 32.4 Å². The summed E-state index contributed by atoms with van der Waals surface area (Å²) in [6.07, 6.45) is 2.46. The van der Waals surface area contributed by atoms with Gasteiger partial charge in [-0.15, -0.1) is 11.3 Å². The molecule has 1 aliphatic heterocycles. The Hall–Kier alpha value is -1.72. The molecule has 0 saturated carbocycles. The molecule has 0 aliphatic carbocycles. The van der Waals surface area contributed by atoms with E-state index in [0.717, 1.165) is 54.2 Å². The number of benzene rings is 1. The molecule has 0 radical (unpaired) electrons. The molecule has 3 nitrogen and oxygen atoms in total. The van der Waals surface area contributed by atoms with E-state index < -0.39 is 0 Å². The van der Waals surface area contributed by atoms with E-state index in [0.29, 0.717) is 12.1 Å². The van der Waals surface area contributed by atoms with Gasteiger partial charge in [0.25, 0.3) is 0 Å². The summed E-state index contributed by atoms with van der Waals surface area (Å²) >= 11 is 1.56. The topological polar surface area (TPSA) is 39.1 Å². The molecule has 1 aliphatic rings. The van der Waals surface area contributed by atoms with Crippen molar-refractivity contribution in [1.82, 2.24) is 5.32 Å². The third-order valence-corrected chi connectivity index (χ3v) is 5.15. The van der Waals surface area contributed by atoms with E-state index in [1.165, 1.54) is 0 Å². The SMILES string of the molecule is CNCCN1CCCc2cc(CC(=N)c3cccs3)cc(F)c21. The highest BCUT2D eigenvalue weighted by Gasteiger charge is 2.21. The molecule has 5 heteroatoms. The van der Waals surface area contributed by atoms with Crippen molar-refractivity contribution >= 4 is 22.7 Å². The highest BCUT2D eigenvalue weighted by atomic mass is 32.1. The van der Waals surface area contributed by atoms with Crippen LogP contribution in [0.5, 0.6) is 0 Å². The molecule has 0 unspecified atom stereocenters. The second-order valence-electron chi connectivity index (χ2n) is 5.91. The van der Waals surface area contributed by atoms with Crippen LogP contribution in [0.2, 0.25) is 0 Å². The third-order valence-electron chi connectivity index (χ3n) is 4.22. The van der Waals surface area contributed by atoms with Gasteiger partial charge in [0, 0.05) is 30.9 Å². The number of likely N-dealkylation sites (N-methyl/N-ethyl adjacent to an activating group) is 1. The first-order valence-corrected chi connectivity index (χ1v) is 8.89. The molecule has 2 aromatic rings. The van der Waals surface area contributed by atoms with Crippen LogP contribution in [0.3, 0.4) is 0 Å². The van der Waals surface area contributed by atoms with E-state index in [-0.39, 0.29) is 5.82 Å². The fourth-order valence-electron chi connectivity index (χ4n) is 3.15. The lowest BCUT2D eigenvalue weighted by Crippen LogP contribution is -2.35. The molecule has 0 amide bonds. The lowest BCUT2D eigenvalue weighted by molar-refractivity contribution is 0.590. The maximum absolute atomic E-state index is 14.7. The second-order valence-corrected chi connectivity index (χ2v) is 6.86. The van der Waals surface area contributed by atoms with Crippen LogP contribution in [0.4, 0.5) is 10.1 Å². The fraction of sp³-hybridized carbons (Fsp3) is 0.389. The molecule has 1 aromatic heterocycles. The van der Waals surface area contributed by atoms with Crippen molar-refractivity contribution in [2.45, 2.75) is 19.3 Å². The van der Waals surface area contributed by atoms with Crippen molar-refractivity contribution < 1.29 is 4.39 Å². The van der Waals surface area contributed by atoms with Gasteiger partial charge in [-0.1, -0.05) is 12.1 Å². The van der Waals surface area contributed by atoms with Crippen molar-refractivity contribution in [3.05, 3.63) is 51.5 Å². The number of fused-ring (bicyclic) bond motifs is 1. The maximum atomic E-state index is 14.7. The predicted molar refractivity (Wildman–Crippen MR) is 95.7 cm³/mol. The highest BCUT2D eigenvalue weighted by molar-refractivity contribution is 7.12. The number of halogens is 1. The van der Waals surface area contributed by atoms with E-state index in [4.69, 9.17) is 5.41 Å². The number of nitrogens with zero attached hydrogens (tertiary/aromatic N) is 1. The summed E-state index contributed by atoms with van der Waals surface area (Å²) in [5, 5.41) is 13.3. The molecular weight excluding hydrogens is 309 g/mol. The molecule has 0 atom stereocenters. The van der Waals surface area contributed by atoms with Gasteiger partial charge >= 0.3 is 0 Å². The van der Waals surface area contributed by atoms with Crippen LogP contribution in [0.15, 0.2) is 29.6 Å². The van der Waals surface area contributed by atoms with Gasteiger partial charge in [0.1, 0.15) is 5.82 Å². The summed E-state index contributed by atoms with van der Waals surface area (Å²) in [4.78, 5) is 3.10. The predicted octanol–water partition coefficient (Wildman–Crippen LogP) is 3.47. The number of nitrogens with one attached hydrogen (secondary N) is 2. The van der Waals surface area contributed by atoms with Gasteiger partial charge in [-0.25, -0.2) is 4.39 Å². The summed E-state index contributed by atoms with van der Waals surface area (Å²) < 4.78 is 14.7. The summed E-state index contributed by atoms with van der Waals surface area (Å²) in [6, 6.07) is 7.59. The summed E-state index contributed by atoms with van der Waals surface area (Å²) in [6.45, 7) is 2.59. The molecule has 3 rings (SSSR count). The standard InChI is InChI=1S/C18H22FN3S/c1-21-6-8-22-7-2-4-14-10-13(11-15(19)18(14)22)12-16(20)17-5-3-9-23-17/h3,5,9-11,20-21H,2,4,6-8,12H2,1H3. The lowest BCUT2D eigenvalue weighted by Gasteiger charge is -2.32. The second kappa shape index (κ2) is 7.23. The molecular formula is C18H22FN3S. The quantitative estimate of drug-likeness (QED) is 0.796. The first-order chi connectivity index (χ1) is 11.2. The van der Waals surface area contributed by atoms with Crippen molar-refractivity contribution in [3.8, 4) is 0 Å². The van der Waals surface area contributed by atoms with E-state index in [9.17, 15) is 4.39 Å². The molecule has 0 spiro atoms. The summed E-state index contributed by atoms with van der Waals surface area (Å²) in [5.41, 5.74) is 3.30. The van der Waals surface area contributed by atoms with Crippen LogP contribution in [-0.2, 0) is 12.8 Å². The van der Waals surface area contributed by atoms with Gasteiger partial charge in [-0.05, 0) is 48.5 Å². The zero-order valence-corrected chi connectivity index (χ0v) is 14.2. The highest BCUT2D eigenvalue weighted by Crippen LogP contribution is 2.31. The molecule has 0 bridgehead atoms. The zero-order valence-electron chi connectivity index (χ0n) is 13.4. The minimum Gasteiger partial charge on any atom is -0.368 e. The minimum atomic E-state index is -0.146. The number of aryl methyl sites for hydroxylation is 1. The largest absolute Gasteiger partial charge is 0.368 e. The van der Waals surface area contributed by atoms with Gasteiger partial charge in [-0.3, -0.25) is 0 Å². The Labute approximate surface area is 140 Å². The maximum Gasteiger partial charge on any atom is 0.147 e. The first-order valence-electron chi connectivity index (χ1n) is 8.01. The summed E-state index contributed by atoms with van der Waals surface area (Å²) in [5.74, 6) is -0.146. The van der Waals surface area contributed by atoms with Crippen molar-refractivity contribution in [3.63, 3.8) is 0 Å². The third kappa shape index (κ3) is 3.62. The Kier molecular flexibility index (Phi) is 5.08. The van der Waals surface area contributed by atoms with E-state index in [1.54, 1.807) is 17.4 Å². The Morgan fingerprint density at radius 1 is 1.43 bits per heavy atom. The van der Waals surface area contributed by atoms with Crippen molar-refractivity contribution in [2.24, 2.45) is 0 Å². The molecule has 2 N–H and O–H groups in total. The normalized spacial score (nSPS) is 13.9. The average molecular weight is 331 g/mol. The zero-order chi connectivity index (χ0) is 16.2. The Bertz CT molecular complexity index is 682. The van der Waals surface area contributed by atoms with E-state index in [1.807, 2.05) is 24.6 Å². The minimum absolute atomic E-state index is 0.146. The van der Waals surface area contributed by atoms with Crippen LogP contribution in [0.25, 0.3) is 0 Å². The number of hydrogen-bond acceptors (Lipinski definition) is 4. The van der Waals surface area contributed by atoms with Crippen molar-refractivity contribution in [2.75, 3.05) is 31.6 Å². The van der Waals surface area contributed by atoms with Gasteiger partial charge < -0.3 is 15.6 Å². The molecule has 2 heterocycles. The summed E-state index contributed by atoms with van der Waals surface area (Å²) in [7, 11) is 1.92. The van der Waals surface area contributed by atoms with Gasteiger partial charge in [-0.2, -0.15) is 0 Å². The van der Waals surface area contributed by atoms with Gasteiger partial charge in [0.05, 0.1) is 11.4 Å². The first kappa shape index (κ1) is 16.1. The number of anilines is 1. The molecule has 122 valence electrons. The van der Waals surface area contributed by atoms with Gasteiger partial charge in [0.15, 0.2) is 0 Å².